The van der Waals surface area contributed by atoms with E-state index < -0.39 is 20.4 Å². The molecule has 0 aliphatic heterocycles. The van der Waals surface area contributed by atoms with Crippen LogP contribution in [0.25, 0.3) is 16.0 Å². The maximum Gasteiger partial charge on any atom is 0.349 e. The molecule has 0 spiro atoms. The lowest BCUT2D eigenvalue weighted by molar-refractivity contribution is 0.0695. The van der Waals surface area contributed by atoms with Crippen molar-refractivity contribution in [2.75, 3.05) is 14.2 Å². The van der Waals surface area contributed by atoms with Crippen molar-refractivity contribution in [3.8, 4) is 28.0 Å². The number of aromatic nitrogens is 2. The monoisotopic (exact) mass is 588 g/mol. The number of ether oxygens (including phenoxy) is 3. The summed E-state index contributed by atoms with van der Waals surface area (Å²) in [6, 6.07) is 10.9. The Labute approximate surface area is 238 Å². The van der Waals surface area contributed by atoms with E-state index in [9.17, 15) is 9.90 Å². The van der Waals surface area contributed by atoms with Gasteiger partial charge in [-0.25, -0.2) is 9.78 Å². The zero-order chi connectivity index (χ0) is 28.7. The Balaban J connectivity index is 1.68. The van der Waals surface area contributed by atoms with E-state index in [1.54, 1.807) is 43.3 Å². The highest BCUT2D eigenvalue weighted by molar-refractivity contribution is 7.16. The summed E-state index contributed by atoms with van der Waals surface area (Å²) in [5.74, 6) is 0.862. The van der Waals surface area contributed by atoms with Gasteiger partial charge in [-0.05, 0) is 31.1 Å². The summed E-state index contributed by atoms with van der Waals surface area (Å²) < 4.78 is 25.3. The lowest BCUT2D eigenvalue weighted by Gasteiger charge is -2.37. The van der Waals surface area contributed by atoms with Crippen LogP contribution in [0.5, 0.6) is 23.0 Å². The summed E-state index contributed by atoms with van der Waals surface area (Å²) >= 11 is 7.90. The number of benzene rings is 2. The number of thiophene rings is 1. The minimum atomic E-state index is -2.12. The molecule has 0 radical (unpaired) electrons. The number of methoxy groups -OCH3 is 2. The Morgan fingerprint density at radius 2 is 1.74 bits per heavy atom. The van der Waals surface area contributed by atoms with Gasteiger partial charge in [-0.1, -0.05) is 44.5 Å². The van der Waals surface area contributed by atoms with Gasteiger partial charge in [0.25, 0.3) is 8.32 Å². The first-order valence-corrected chi connectivity index (χ1v) is 16.5. The average molecular weight is 589 g/mol. The van der Waals surface area contributed by atoms with Gasteiger partial charge in [0.05, 0.1) is 30.3 Å². The second-order valence-electron chi connectivity index (χ2n) is 10.7. The second kappa shape index (κ2) is 10.7. The summed E-state index contributed by atoms with van der Waals surface area (Å²) in [4.78, 5) is 16.7. The predicted molar refractivity (Wildman–Crippen MR) is 157 cm³/mol. The molecule has 0 saturated heterocycles. The summed E-state index contributed by atoms with van der Waals surface area (Å²) in [6.07, 6.45) is 1.09. The molecule has 0 aliphatic carbocycles. The first-order chi connectivity index (χ1) is 18.3. The van der Waals surface area contributed by atoms with Crippen LogP contribution in [-0.2, 0) is 0 Å². The number of imidazole rings is 1. The Morgan fingerprint density at radius 1 is 1.08 bits per heavy atom. The third-order valence-corrected chi connectivity index (χ3v) is 12.9. The Bertz CT molecular complexity index is 1520. The first-order valence-electron chi connectivity index (χ1n) is 12.4. The Morgan fingerprint density at radius 3 is 2.36 bits per heavy atom. The molecule has 0 fully saturated rings. The summed E-state index contributed by atoms with van der Waals surface area (Å²) in [7, 11) is 0.997. The van der Waals surface area contributed by atoms with E-state index in [-0.39, 0.29) is 15.7 Å². The highest BCUT2D eigenvalue weighted by Crippen LogP contribution is 2.43. The Kier molecular flexibility index (Phi) is 7.93. The van der Waals surface area contributed by atoms with Gasteiger partial charge in [-0.2, -0.15) is 0 Å². The zero-order valence-corrected chi connectivity index (χ0v) is 25.9. The molecule has 4 aromatic rings. The SMILES string of the molecule is COc1cc2ncn(-c3cc(O[C@H](C)c4cccc(O[Si](C)(C)C(C)(C)C)c4Cl)c(C(=O)O)s3)c2cc1OC. The van der Waals surface area contributed by atoms with Crippen LogP contribution in [0.3, 0.4) is 0 Å². The molecular formula is C28H33ClN2O6SSi. The maximum absolute atomic E-state index is 12.2. The zero-order valence-electron chi connectivity index (χ0n) is 23.3. The molecule has 0 aliphatic rings. The molecule has 0 unspecified atom stereocenters. The van der Waals surface area contributed by atoms with Crippen molar-refractivity contribution in [3.05, 3.63) is 58.2 Å². The Hall–Kier alpha value is -3.21. The number of rotatable bonds is 9. The van der Waals surface area contributed by atoms with Crippen LogP contribution >= 0.6 is 22.9 Å². The number of hydrogen-bond donors (Lipinski definition) is 1. The first kappa shape index (κ1) is 28.8. The fourth-order valence-corrected chi connectivity index (χ4v) is 6.15. The van der Waals surface area contributed by atoms with Crippen molar-refractivity contribution in [1.29, 1.82) is 0 Å². The number of carboxylic acids is 1. The quantitative estimate of drug-likeness (QED) is 0.198. The average Bonchev–Trinajstić information content (AvgIpc) is 3.47. The molecule has 4 rings (SSSR count). The van der Waals surface area contributed by atoms with Crippen molar-refractivity contribution in [2.45, 2.75) is 51.9 Å². The van der Waals surface area contributed by atoms with Gasteiger partial charge < -0.3 is 23.7 Å². The molecule has 8 nitrogen and oxygen atoms in total. The second-order valence-corrected chi connectivity index (χ2v) is 16.8. The van der Waals surface area contributed by atoms with Gasteiger partial charge in [0, 0.05) is 23.8 Å². The van der Waals surface area contributed by atoms with Gasteiger partial charge in [0.2, 0.25) is 0 Å². The van der Waals surface area contributed by atoms with E-state index in [4.69, 9.17) is 30.2 Å². The van der Waals surface area contributed by atoms with Gasteiger partial charge in [-0.15, -0.1) is 11.3 Å². The van der Waals surface area contributed by atoms with E-state index in [0.717, 1.165) is 16.9 Å². The van der Waals surface area contributed by atoms with Gasteiger partial charge in [-0.3, -0.25) is 4.57 Å². The number of carbonyl (C=O) groups is 1. The van der Waals surface area contributed by atoms with E-state index in [1.807, 2.05) is 25.1 Å². The highest BCUT2D eigenvalue weighted by atomic mass is 35.5. The van der Waals surface area contributed by atoms with Crippen LogP contribution in [0.15, 0.2) is 42.7 Å². The third-order valence-electron chi connectivity index (χ3n) is 7.08. The van der Waals surface area contributed by atoms with Crippen LogP contribution in [0, 0.1) is 0 Å². The van der Waals surface area contributed by atoms with Crippen molar-refractivity contribution < 1.29 is 28.5 Å². The molecule has 39 heavy (non-hydrogen) atoms. The molecule has 1 atom stereocenters. The number of carboxylic acid groups (broad SMARTS) is 1. The fraction of sp³-hybridized carbons (Fsp3) is 0.357. The largest absolute Gasteiger partial charge is 0.542 e. The smallest absolute Gasteiger partial charge is 0.349 e. The summed E-state index contributed by atoms with van der Waals surface area (Å²) in [5, 5.41) is 11.1. The van der Waals surface area contributed by atoms with E-state index >= 15 is 0 Å². The van der Waals surface area contributed by atoms with Crippen LogP contribution in [0.1, 0.15) is 49.0 Å². The number of fused-ring (bicyclic) bond motifs is 1. The van der Waals surface area contributed by atoms with Crippen LogP contribution in [-0.4, -0.2) is 43.2 Å². The van der Waals surface area contributed by atoms with Crippen LogP contribution < -0.4 is 18.6 Å². The maximum atomic E-state index is 12.2. The van der Waals surface area contributed by atoms with E-state index in [0.29, 0.717) is 38.4 Å². The molecular weight excluding hydrogens is 556 g/mol. The third kappa shape index (κ3) is 5.59. The molecule has 0 saturated carbocycles. The molecule has 2 aromatic carbocycles. The molecule has 2 aromatic heterocycles. The van der Waals surface area contributed by atoms with Crippen molar-refractivity contribution >= 4 is 48.3 Å². The van der Waals surface area contributed by atoms with Crippen molar-refractivity contribution in [2.24, 2.45) is 0 Å². The lowest BCUT2D eigenvalue weighted by atomic mass is 10.1. The van der Waals surface area contributed by atoms with Crippen molar-refractivity contribution in [1.82, 2.24) is 9.55 Å². The molecule has 208 valence electrons. The predicted octanol–water partition coefficient (Wildman–Crippen LogP) is 7.98. The van der Waals surface area contributed by atoms with Gasteiger partial charge in [0.1, 0.15) is 28.9 Å². The van der Waals surface area contributed by atoms with Gasteiger partial charge in [0.15, 0.2) is 16.4 Å². The summed E-state index contributed by atoms with van der Waals surface area (Å²) in [6.45, 7) is 12.7. The van der Waals surface area contributed by atoms with E-state index in [1.165, 1.54) is 0 Å². The number of aromatic carboxylic acids is 1. The van der Waals surface area contributed by atoms with Crippen molar-refractivity contribution in [3.63, 3.8) is 0 Å². The van der Waals surface area contributed by atoms with Crippen LogP contribution in [0.4, 0.5) is 0 Å². The summed E-state index contributed by atoms with van der Waals surface area (Å²) in [5.41, 5.74) is 2.13. The molecule has 2 heterocycles. The fourth-order valence-electron chi connectivity index (χ4n) is 3.83. The standard InChI is InChI=1S/C28H33ClN2O6SSi/c1-16(17-10-9-11-20(25(17)29)37-39(7,8)28(2,3)4)36-23-14-24(38-26(23)27(32)33)31-15-30-18-12-21(34-5)22(35-6)13-19(18)31/h9-16H,1-8H3,(H,32,33)/t16-/m1/s1. The normalized spacial score (nSPS) is 12.8. The minimum absolute atomic E-state index is 0.00452. The van der Waals surface area contributed by atoms with E-state index in [2.05, 4.69) is 38.8 Å². The molecule has 1 N–H and O–H groups in total. The number of halogens is 1. The lowest BCUT2D eigenvalue weighted by Crippen LogP contribution is -2.44. The van der Waals surface area contributed by atoms with Crippen LogP contribution in [0.2, 0.25) is 23.2 Å². The topological polar surface area (TPSA) is 92.0 Å². The molecule has 0 bridgehead atoms. The minimum Gasteiger partial charge on any atom is -0.542 e. The number of nitrogens with zero attached hydrogens (tertiary/aromatic N) is 2. The highest BCUT2D eigenvalue weighted by Gasteiger charge is 2.39. The molecule has 0 amide bonds. The molecule has 11 heteroatoms. The number of hydrogen-bond acceptors (Lipinski definition) is 7. The van der Waals surface area contributed by atoms with Gasteiger partial charge >= 0.3 is 5.97 Å².